The Balaban J connectivity index is 2.95. The molecule has 1 amide bonds. The van der Waals surface area contributed by atoms with Gasteiger partial charge in [0, 0.05) is 29.1 Å². The summed E-state index contributed by atoms with van der Waals surface area (Å²) in [6, 6.07) is 4.23. The second kappa shape index (κ2) is 6.70. The van der Waals surface area contributed by atoms with E-state index in [1.165, 1.54) is 18.2 Å². The van der Waals surface area contributed by atoms with Crippen LogP contribution in [0.2, 0.25) is 0 Å². The van der Waals surface area contributed by atoms with Crippen LogP contribution in [0.15, 0.2) is 18.2 Å². The maximum Gasteiger partial charge on any atom is 0.269 e. The Hall–Kier alpha value is -1.62. The van der Waals surface area contributed by atoms with E-state index in [9.17, 15) is 14.9 Å². The van der Waals surface area contributed by atoms with Crippen molar-refractivity contribution in [3.63, 3.8) is 0 Å². The van der Waals surface area contributed by atoms with Crippen LogP contribution in [0.1, 0.15) is 42.6 Å². The molecule has 20 heavy (non-hydrogen) atoms. The Morgan fingerprint density at radius 2 is 2.15 bits per heavy atom. The Kier molecular flexibility index (Phi) is 5.51. The minimum absolute atomic E-state index is 0.0157. The second-order valence-electron chi connectivity index (χ2n) is 5.06. The summed E-state index contributed by atoms with van der Waals surface area (Å²) in [7, 11) is 0. The van der Waals surface area contributed by atoms with Gasteiger partial charge >= 0.3 is 0 Å². The molecule has 1 rings (SSSR count). The molecule has 0 radical (unpaired) electrons. The van der Waals surface area contributed by atoms with Gasteiger partial charge in [0.25, 0.3) is 11.6 Å². The van der Waals surface area contributed by atoms with Gasteiger partial charge in [-0.1, -0.05) is 6.92 Å². The van der Waals surface area contributed by atoms with Crippen molar-refractivity contribution < 1.29 is 9.72 Å². The molecule has 0 heterocycles. The quantitative estimate of drug-likeness (QED) is 0.497. The van der Waals surface area contributed by atoms with Gasteiger partial charge in [0.2, 0.25) is 0 Å². The van der Waals surface area contributed by atoms with E-state index in [2.05, 4.69) is 5.32 Å². The Bertz CT molecular complexity index is 519. The van der Waals surface area contributed by atoms with Crippen molar-refractivity contribution in [2.24, 2.45) is 0 Å². The fraction of sp³-hybridized carbons (Fsp3) is 0.500. The van der Waals surface area contributed by atoms with Gasteiger partial charge < -0.3 is 5.32 Å². The number of hydrogen-bond donors (Lipinski definition) is 1. The molecule has 0 spiro atoms. The Labute approximate surface area is 123 Å². The monoisotopic (exact) mass is 298 g/mol. The minimum atomic E-state index is -0.474. The Morgan fingerprint density at radius 1 is 1.50 bits per heavy atom. The van der Waals surface area contributed by atoms with Gasteiger partial charge in [0.1, 0.15) is 0 Å². The summed E-state index contributed by atoms with van der Waals surface area (Å²) >= 11 is 5.75. The predicted molar refractivity (Wildman–Crippen MR) is 79.3 cm³/mol. The Morgan fingerprint density at radius 3 is 2.60 bits per heavy atom. The highest BCUT2D eigenvalue weighted by Crippen LogP contribution is 2.20. The van der Waals surface area contributed by atoms with Crippen molar-refractivity contribution in [2.75, 3.05) is 5.88 Å². The molecule has 6 heteroatoms. The SMILES string of the molecule is CCC(C)(CCCl)NC(=O)c1ccc([N+](=O)[O-])cc1C. The number of aryl methyl sites for hydroxylation is 1. The molecule has 0 bridgehead atoms. The van der Waals surface area contributed by atoms with E-state index in [0.29, 0.717) is 23.4 Å². The molecule has 0 saturated carbocycles. The van der Waals surface area contributed by atoms with E-state index in [-0.39, 0.29) is 17.1 Å². The summed E-state index contributed by atoms with van der Waals surface area (Å²) < 4.78 is 0. The number of carbonyl (C=O) groups is 1. The van der Waals surface area contributed by atoms with E-state index in [1.54, 1.807) is 6.92 Å². The number of hydrogen-bond acceptors (Lipinski definition) is 3. The first kappa shape index (κ1) is 16.4. The van der Waals surface area contributed by atoms with Crippen LogP contribution in [0.4, 0.5) is 5.69 Å². The maximum atomic E-state index is 12.3. The molecule has 1 atom stereocenters. The molecule has 0 aliphatic heterocycles. The number of rotatable bonds is 6. The van der Waals surface area contributed by atoms with Crippen LogP contribution in [0.25, 0.3) is 0 Å². The zero-order valence-electron chi connectivity index (χ0n) is 11.9. The van der Waals surface area contributed by atoms with Crippen LogP contribution in [-0.2, 0) is 0 Å². The van der Waals surface area contributed by atoms with Crippen molar-refractivity contribution >= 4 is 23.2 Å². The summed E-state index contributed by atoms with van der Waals surface area (Å²) in [5.41, 5.74) is 0.650. The van der Waals surface area contributed by atoms with Gasteiger partial charge in [-0.15, -0.1) is 11.6 Å². The number of non-ortho nitro benzene ring substituents is 1. The van der Waals surface area contributed by atoms with Gasteiger partial charge in [-0.3, -0.25) is 14.9 Å². The molecule has 0 aromatic heterocycles. The fourth-order valence-electron chi connectivity index (χ4n) is 1.89. The zero-order valence-corrected chi connectivity index (χ0v) is 12.7. The fourth-order valence-corrected chi connectivity index (χ4v) is 2.31. The van der Waals surface area contributed by atoms with Crippen molar-refractivity contribution in [2.45, 2.75) is 39.2 Å². The predicted octanol–water partition coefficient (Wildman–Crippen LogP) is 3.43. The number of carbonyl (C=O) groups excluding carboxylic acids is 1. The number of nitro groups is 1. The van der Waals surface area contributed by atoms with E-state index < -0.39 is 4.92 Å². The topological polar surface area (TPSA) is 72.2 Å². The summed E-state index contributed by atoms with van der Waals surface area (Å²) in [5, 5.41) is 13.6. The average molecular weight is 299 g/mol. The molecule has 5 nitrogen and oxygen atoms in total. The van der Waals surface area contributed by atoms with Crippen LogP contribution < -0.4 is 5.32 Å². The van der Waals surface area contributed by atoms with E-state index in [4.69, 9.17) is 11.6 Å². The molecular formula is C14H19ClN2O3. The first-order valence-corrected chi connectivity index (χ1v) is 7.00. The van der Waals surface area contributed by atoms with Crippen LogP contribution in [-0.4, -0.2) is 22.2 Å². The third kappa shape index (κ3) is 3.93. The lowest BCUT2D eigenvalue weighted by atomic mass is 9.94. The lowest BCUT2D eigenvalue weighted by Gasteiger charge is -2.29. The van der Waals surface area contributed by atoms with E-state index in [1.807, 2.05) is 13.8 Å². The maximum absolute atomic E-state index is 12.3. The zero-order chi connectivity index (χ0) is 15.3. The number of nitro benzene ring substituents is 1. The molecular weight excluding hydrogens is 280 g/mol. The largest absolute Gasteiger partial charge is 0.347 e. The molecule has 0 saturated heterocycles. The summed E-state index contributed by atoms with van der Waals surface area (Å²) in [4.78, 5) is 22.5. The summed E-state index contributed by atoms with van der Waals surface area (Å²) in [6.45, 7) is 5.61. The smallest absolute Gasteiger partial charge is 0.269 e. The number of nitrogens with one attached hydrogen (secondary N) is 1. The van der Waals surface area contributed by atoms with Crippen LogP contribution in [0.3, 0.4) is 0 Å². The number of benzene rings is 1. The molecule has 110 valence electrons. The normalized spacial score (nSPS) is 13.6. The lowest BCUT2D eigenvalue weighted by molar-refractivity contribution is -0.384. The average Bonchev–Trinajstić information content (AvgIpc) is 2.38. The molecule has 1 unspecified atom stereocenters. The van der Waals surface area contributed by atoms with Gasteiger partial charge in [0.05, 0.1) is 4.92 Å². The van der Waals surface area contributed by atoms with Crippen LogP contribution >= 0.6 is 11.6 Å². The van der Waals surface area contributed by atoms with Crippen LogP contribution in [0.5, 0.6) is 0 Å². The summed E-state index contributed by atoms with van der Waals surface area (Å²) in [5.74, 6) is 0.232. The molecule has 0 fully saturated rings. The standard InChI is InChI=1S/C14H19ClN2O3/c1-4-14(3,7-8-15)16-13(18)12-6-5-11(17(19)20)9-10(12)2/h5-6,9H,4,7-8H2,1-3H3,(H,16,18). The third-order valence-corrected chi connectivity index (χ3v) is 3.70. The highest BCUT2D eigenvalue weighted by molar-refractivity contribution is 6.17. The molecule has 1 aromatic rings. The highest BCUT2D eigenvalue weighted by atomic mass is 35.5. The summed E-state index contributed by atoms with van der Waals surface area (Å²) in [6.07, 6.45) is 1.43. The van der Waals surface area contributed by atoms with Gasteiger partial charge in [0.15, 0.2) is 0 Å². The lowest BCUT2D eigenvalue weighted by Crippen LogP contribution is -2.46. The molecule has 0 aliphatic rings. The minimum Gasteiger partial charge on any atom is -0.347 e. The first-order chi connectivity index (χ1) is 9.33. The molecule has 1 N–H and O–H groups in total. The molecule has 1 aromatic carbocycles. The van der Waals surface area contributed by atoms with Crippen molar-refractivity contribution in [3.8, 4) is 0 Å². The van der Waals surface area contributed by atoms with Crippen LogP contribution in [0, 0.1) is 17.0 Å². The van der Waals surface area contributed by atoms with Crippen molar-refractivity contribution in [1.29, 1.82) is 0 Å². The number of amides is 1. The van der Waals surface area contributed by atoms with Crippen molar-refractivity contribution in [1.82, 2.24) is 5.32 Å². The highest BCUT2D eigenvalue weighted by Gasteiger charge is 2.25. The van der Waals surface area contributed by atoms with E-state index in [0.717, 1.165) is 6.42 Å². The van der Waals surface area contributed by atoms with Gasteiger partial charge in [-0.2, -0.15) is 0 Å². The number of nitrogens with zero attached hydrogens (tertiary/aromatic N) is 1. The third-order valence-electron chi connectivity index (χ3n) is 3.51. The van der Waals surface area contributed by atoms with Gasteiger partial charge in [-0.25, -0.2) is 0 Å². The van der Waals surface area contributed by atoms with E-state index >= 15 is 0 Å². The second-order valence-corrected chi connectivity index (χ2v) is 5.44. The first-order valence-electron chi connectivity index (χ1n) is 6.46. The number of alkyl halides is 1. The molecule has 0 aliphatic carbocycles. The number of halogens is 1. The van der Waals surface area contributed by atoms with Crippen molar-refractivity contribution in [3.05, 3.63) is 39.4 Å². The van der Waals surface area contributed by atoms with Gasteiger partial charge in [-0.05, 0) is 38.3 Å².